The van der Waals surface area contributed by atoms with Crippen LogP contribution < -0.4 is 0 Å². The molecule has 5 nitrogen and oxygen atoms in total. The Hall–Kier alpha value is -3.04. The zero-order valence-electron chi connectivity index (χ0n) is 14.0. The molecule has 0 atom stereocenters. The van der Waals surface area contributed by atoms with Crippen LogP contribution in [0.1, 0.15) is 12.1 Å². The molecule has 6 heteroatoms. The minimum Gasteiger partial charge on any atom is -0.444 e. The van der Waals surface area contributed by atoms with Crippen LogP contribution in [-0.4, -0.2) is 14.5 Å². The number of fused-ring (bicyclic) bond motifs is 1. The number of nitrogens with zero attached hydrogens (tertiary/aromatic N) is 4. The number of hydrogen-bond donors (Lipinski definition) is 0. The number of hydrogen-bond acceptors (Lipinski definition) is 5. The fraction of sp³-hybridized carbons (Fsp3) is 0.150. The highest BCUT2D eigenvalue weighted by Crippen LogP contribution is 2.28. The van der Waals surface area contributed by atoms with Gasteiger partial charge in [0.25, 0.3) is 0 Å². The van der Waals surface area contributed by atoms with Crippen molar-refractivity contribution in [2.45, 2.75) is 23.9 Å². The molecular weight excluding hydrogens is 344 g/mol. The van der Waals surface area contributed by atoms with Gasteiger partial charge in [-0.2, -0.15) is 5.26 Å². The Bertz CT molecular complexity index is 1060. The Kier molecular flexibility index (Phi) is 4.71. The first-order chi connectivity index (χ1) is 12.8. The molecule has 0 bridgehead atoms. The smallest absolute Gasteiger partial charge is 0.226 e. The Morgan fingerprint density at radius 3 is 2.69 bits per heavy atom. The molecule has 0 N–H and O–H groups in total. The van der Waals surface area contributed by atoms with Gasteiger partial charge < -0.3 is 8.98 Å². The van der Waals surface area contributed by atoms with E-state index in [1.165, 1.54) is 0 Å². The molecule has 0 aliphatic heterocycles. The minimum absolute atomic E-state index is 0.454. The third-order valence-corrected chi connectivity index (χ3v) is 5.00. The average molecular weight is 360 g/mol. The zero-order valence-corrected chi connectivity index (χ0v) is 14.8. The van der Waals surface area contributed by atoms with Gasteiger partial charge in [-0.1, -0.05) is 42.1 Å². The summed E-state index contributed by atoms with van der Waals surface area (Å²) < 4.78 is 7.70. The summed E-state index contributed by atoms with van der Waals surface area (Å²) in [5, 5.41) is 9.83. The molecule has 2 heterocycles. The third kappa shape index (κ3) is 3.35. The first kappa shape index (κ1) is 16.4. The standard InChI is InChI=1S/C20H16N4OS/c21-11-6-12-24-18-10-5-4-9-17(18)23-20(24)26-14-16-13-25-19(22-16)15-7-2-1-3-8-15/h1-5,7-10,13H,6,12,14H2. The molecule has 0 aliphatic rings. The normalized spacial score (nSPS) is 10.9. The highest BCUT2D eigenvalue weighted by molar-refractivity contribution is 7.98. The van der Waals surface area contributed by atoms with Crippen LogP contribution in [-0.2, 0) is 12.3 Å². The molecule has 2 aromatic carbocycles. The predicted octanol–water partition coefficient (Wildman–Crippen LogP) is 4.90. The molecule has 0 spiro atoms. The SMILES string of the molecule is N#CCCn1c(SCc2coc(-c3ccccc3)n2)nc2ccccc21. The second kappa shape index (κ2) is 7.46. The molecule has 0 aliphatic carbocycles. The number of aryl methyl sites for hydroxylation is 1. The van der Waals surface area contributed by atoms with Gasteiger partial charge in [-0.25, -0.2) is 9.97 Å². The van der Waals surface area contributed by atoms with Gasteiger partial charge in [0.2, 0.25) is 5.89 Å². The second-order valence-corrected chi connectivity index (χ2v) is 6.68. The Labute approximate surface area is 155 Å². The highest BCUT2D eigenvalue weighted by atomic mass is 32.2. The maximum Gasteiger partial charge on any atom is 0.226 e. The lowest BCUT2D eigenvalue weighted by Crippen LogP contribution is -1.99. The number of para-hydroxylation sites is 2. The topological polar surface area (TPSA) is 67.6 Å². The Balaban J connectivity index is 1.55. The summed E-state index contributed by atoms with van der Waals surface area (Å²) in [6.45, 7) is 0.632. The van der Waals surface area contributed by atoms with E-state index in [0.29, 0.717) is 24.6 Å². The van der Waals surface area contributed by atoms with E-state index >= 15 is 0 Å². The van der Waals surface area contributed by atoms with Crippen LogP contribution in [0, 0.1) is 11.3 Å². The van der Waals surface area contributed by atoms with Crippen LogP contribution in [0.3, 0.4) is 0 Å². The van der Waals surface area contributed by atoms with Crippen LogP contribution in [0.2, 0.25) is 0 Å². The lowest BCUT2D eigenvalue weighted by Gasteiger charge is -2.05. The van der Waals surface area contributed by atoms with E-state index in [1.807, 2.05) is 54.6 Å². The van der Waals surface area contributed by atoms with E-state index in [2.05, 4.69) is 15.6 Å². The quantitative estimate of drug-likeness (QED) is 0.458. The van der Waals surface area contributed by atoms with Crippen molar-refractivity contribution in [2.24, 2.45) is 0 Å². The number of rotatable bonds is 6. The van der Waals surface area contributed by atoms with Gasteiger partial charge in [0.15, 0.2) is 5.16 Å². The summed E-state index contributed by atoms with van der Waals surface area (Å²) in [4.78, 5) is 9.27. The van der Waals surface area contributed by atoms with Gasteiger partial charge in [-0.05, 0) is 24.3 Å². The van der Waals surface area contributed by atoms with Gasteiger partial charge in [0.05, 0.1) is 29.2 Å². The maximum atomic E-state index is 8.93. The van der Waals surface area contributed by atoms with Crippen LogP contribution >= 0.6 is 11.8 Å². The lowest BCUT2D eigenvalue weighted by atomic mass is 10.2. The molecule has 0 amide bonds. The molecular formula is C20H16N4OS. The van der Waals surface area contributed by atoms with Crippen molar-refractivity contribution in [2.75, 3.05) is 0 Å². The molecule has 0 saturated carbocycles. The molecule has 128 valence electrons. The van der Waals surface area contributed by atoms with Crippen molar-refractivity contribution < 1.29 is 4.42 Å². The average Bonchev–Trinajstić information content (AvgIpc) is 3.30. The summed E-state index contributed by atoms with van der Waals surface area (Å²) in [5.41, 5.74) is 3.83. The van der Waals surface area contributed by atoms with Crippen molar-refractivity contribution >= 4 is 22.8 Å². The van der Waals surface area contributed by atoms with Gasteiger partial charge in [-0.15, -0.1) is 0 Å². The van der Waals surface area contributed by atoms with Crippen molar-refractivity contribution in [3.8, 4) is 17.5 Å². The fourth-order valence-corrected chi connectivity index (χ4v) is 3.68. The Morgan fingerprint density at radius 2 is 1.85 bits per heavy atom. The van der Waals surface area contributed by atoms with Crippen molar-refractivity contribution in [3.63, 3.8) is 0 Å². The van der Waals surface area contributed by atoms with Crippen molar-refractivity contribution in [1.82, 2.24) is 14.5 Å². The van der Waals surface area contributed by atoms with Gasteiger partial charge in [0, 0.05) is 17.9 Å². The molecule has 0 unspecified atom stereocenters. The van der Waals surface area contributed by atoms with Crippen LogP contribution in [0.5, 0.6) is 0 Å². The highest BCUT2D eigenvalue weighted by Gasteiger charge is 2.13. The number of thioether (sulfide) groups is 1. The molecule has 2 aromatic heterocycles. The molecule has 4 aromatic rings. The van der Waals surface area contributed by atoms with Crippen LogP contribution in [0.25, 0.3) is 22.5 Å². The van der Waals surface area contributed by atoms with Crippen molar-refractivity contribution in [1.29, 1.82) is 5.26 Å². The number of imidazole rings is 1. The number of aromatic nitrogens is 3. The third-order valence-electron chi connectivity index (χ3n) is 3.99. The van der Waals surface area contributed by atoms with Crippen LogP contribution in [0.15, 0.2) is 70.4 Å². The fourth-order valence-electron chi connectivity index (χ4n) is 2.77. The van der Waals surface area contributed by atoms with Gasteiger partial charge in [-0.3, -0.25) is 0 Å². The molecule has 26 heavy (non-hydrogen) atoms. The van der Waals surface area contributed by atoms with Gasteiger partial charge >= 0.3 is 0 Å². The van der Waals surface area contributed by atoms with E-state index in [9.17, 15) is 0 Å². The van der Waals surface area contributed by atoms with E-state index in [0.717, 1.165) is 27.4 Å². The first-order valence-corrected chi connectivity index (χ1v) is 9.28. The summed E-state index contributed by atoms with van der Waals surface area (Å²) in [5.74, 6) is 1.28. The Morgan fingerprint density at radius 1 is 1.04 bits per heavy atom. The van der Waals surface area contributed by atoms with E-state index in [-0.39, 0.29) is 0 Å². The summed E-state index contributed by atoms with van der Waals surface area (Å²) in [6.07, 6.45) is 2.15. The first-order valence-electron chi connectivity index (χ1n) is 8.30. The molecule has 0 saturated heterocycles. The number of benzene rings is 2. The van der Waals surface area contributed by atoms with E-state index < -0.39 is 0 Å². The molecule has 0 fully saturated rings. The molecule has 0 radical (unpaired) electrons. The summed E-state index contributed by atoms with van der Waals surface area (Å²) >= 11 is 1.60. The zero-order chi connectivity index (χ0) is 17.8. The number of oxazole rings is 1. The van der Waals surface area contributed by atoms with Gasteiger partial charge in [0.1, 0.15) is 6.26 Å². The minimum atomic E-state index is 0.454. The summed E-state index contributed by atoms with van der Waals surface area (Å²) in [7, 11) is 0. The van der Waals surface area contributed by atoms with E-state index in [1.54, 1.807) is 18.0 Å². The largest absolute Gasteiger partial charge is 0.444 e. The lowest BCUT2D eigenvalue weighted by molar-refractivity contribution is 0.573. The van der Waals surface area contributed by atoms with Crippen LogP contribution in [0.4, 0.5) is 0 Å². The second-order valence-electron chi connectivity index (χ2n) is 5.74. The molecule has 4 rings (SSSR count). The summed E-state index contributed by atoms with van der Waals surface area (Å²) in [6, 6.07) is 20.0. The maximum absolute atomic E-state index is 8.93. The van der Waals surface area contributed by atoms with E-state index in [4.69, 9.17) is 14.7 Å². The monoisotopic (exact) mass is 360 g/mol. The predicted molar refractivity (Wildman–Crippen MR) is 101 cm³/mol. The van der Waals surface area contributed by atoms with Crippen molar-refractivity contribution in [3.05, 3.63) is 66.6 Å². The number of nitriles is 1.